The average Bonchev–Trinajstić information content (AvgIpc) is 3.13. The second kappa shape index (κ2) is 9.06. The molecule has 0 bridgehead atoms. The van der Waals surface area contributed by atoms with E-state index in [1.807, 2.05) is 0 Å². The Hall–Kier alpha value is -3.23. The Morgan fingerprint density at radius 2 is 1.87 bits per heavy atom. The van der Waals surface area contributed by atoms with Gasteiger partial charge in [0.2, 0.25) is 0 Å². The van der Waals surface area contributed by atoms with E-state index >= 15 is 0 Å². The van der Waals surface area contributed by atoms with Crippen LogP contribution in [0.5, 0.6) is 5.75 Å². The van der Waals surface area contributed by atoms with Gasteiger partial charge in [-0.3, -0.25) is 4.90 Å². The van der Waals surface area contributed by atoms with E-state index in [0.29, 0.717) is 24.8 Å². The largest absolute Gasteiger partial charge is 0.491 e. The lowest BCUT2D eigenvalue weighted by molar-refractivity contribution is 0.0691. The van der Waals surface area contributed by atoms with Crippen LogP contribution in [0.2, 0.25) is 0 Å². The number of benzene rings is 2. The molecule has 1 aliphatic heterocycles. The summed E-state index contributed by atoms with van der Waals surface area (Å²) in [6, 6.07) is 15.3. The second-order valence-electron chi connectivity index (χ2n) is 7.70. The Morgan fingerprint density at radius 1 is 1.13 bits per heavy atom. The Labute approximate surface area is 176 Å². The minimum Gasteiger partial charge on any atom is -0.491 e. The fourth-order valence-corrected chi connectivity index (χ4v) is 4.35. The number of aromatic carboxylic acids is 1. The zero-order chi connectivity index (χ0) is 20.9. The van der Waals surface area contributed by atoms with E-state index in [4.69, 9.17) is 11.2 Å². The summed E-state index contributed by atoms with van der Waals surface area (Å²) in [4.78, 5) is 13.7. The van der Waals surface area contributed by atoms with Gasteiger partial charge in [-0.1, -0.05) is 36.3 Å². The number of hydrogen-bond donors (Lipinski definition) is 1. The highest BCUT2D eigenvalue weighted by molar-refractivity contribution is 5.90. The van der Waals surface area contributed by atoms with Crippen LogP contribution in [-0.2, 0) is 6.54 Å². The first-order valence-corrected chi connectivity index (χ1v) is 10.4. The number of carboxylic acids is 1. The number of fused-ring (bicyclic) bond motifs is 1. The van der Waals surface area contributed by atoms with Crippen molar-refractivity contribution < 1.29 is 14.6 Å². The Kier molecular flexibility index (Phi) is 6.06. The zero-order valence-electron chi connectivity index (χ0n) is 17.0. The molecule has 1 N–H and O–H groups in total. The maximum absolute atomic E-state index is 11.3. The molecule has 5 heteroatoms. The summed E-state index contributed by atoms with van der Waals surface area (Å²) in [5.74, 6) is 2.75. The third kappa shape index (κ3) is 4.19. The normalized spacial score (nSPS) is 15.2. The number of aromatic nitrogens is 1. The molecule has 30 heavy (non-hydrogen) atoms. The lowest BCUT2D eigenvalue weighted by atomic mass is 9.89. The van der Waals surface area contributed by atoms with Crippen LogP contribution in [0.1, 0.15) is 34.7 Å². The summed E-state index contributed by atoms with van der Waals surface area (Å²) >= 11 is 0. The number of piperidine rings is 1. The standard InChI is InChI=1S/C25H26N2O3/c1-2-13-27-18-22(20-7-3-5-9-23(20)27)19-11-14-26(15-12-19)16-17-30-24-10-6-4-8-21(24)25(28)29/h1,3-10,18-19H,11-17H2,(H,28,29). The fourth-order valence-electron chi connectivity index (χ4n) is 4.35. The number of nitrogens with zero attached hydrogens (tertiary/aromatic N) is 2. The van der Waals surface area contributed by atoms with E-state index in [1.165, 1.54) is 16.5 Å². The van der Waals surface area contributed by atoms with E-state index in [0.717, 1.165) is 32.5 Å². The topological polar surface area (TPSA) is 54.7 Å². The molecule has 5 nitrogen and oxygen atoms in total. The predicted molar refractivity (Wildman–Crippen MR) is 118 cm³/mol. The molecule has 1 saturated heterocycles. The SMILES string of the molecule is C#CCn1cc(C2CCN(CCOc3ccccc3C(=O)O)CC2)c2ccccc21. The lowest BCUT2D eigenvalue weighted by Gasteiger charge is -2.31. The molecule has 0 saturated carbocycles. The lowest BCUT2D eigenvalue weighted by Crippen LogP contribution is -2.35. The van der Waals surface area contributed by atoms with Crippen LogP contribution in [0.25, 0.3) is 10.9 Å². The third-order valence-electron chi connectivity index (χ3n) is 5.89. The molecule has 2 heterocycles. The predicted octanol–water partition coefficient (Wildman–Crippen LogP) is 4.23. The molecule has 1 aromatic heterocycles. The van der Waals surface area contributed by atoms with Crippen molar-refractivity contribution in [3.8, 4) is 18.1 Å². The molecule has 0 radical (unpaired) electrons. The Bertz CT molecular complexity index is 1070. The molecule has 1 fully saturated rings. The summed E-state index contributed by atoms with van der Waals surface area (Å²) in [5.41, 5.74) is 2.81. The molecule has 0 amide bonds. The second-order valence-corrected chi connectivity index (χ2v) is 7.70. The Balaban J connectivity index is 1.34. The van der Waals surface area contributed by atoms with Crippen molar-refractivity contribution in [1.82, 2.24) is 9.47 Å². The van der Waals surface area contributed by atoms with E-state index < -0.39 is 5.97 Å². The van der Waals surface area contributed by atoms with Crippen LogP contribution in [0.4, 0.5) is 0 Å². The van der Waals surface area contributed by atoms with Gasteiger partial charge in [0.15, 0.2) is 0 Å². The summed E-state index contributed by atoms with van der Waals surface area (Å²) < 4.78 is 7.93. The van der Waals surface area contributed by atoms with Crippen LogP contribution in [0, 0.1) is 12.3 Å². The van der Waals surface area contributed by atoms with Crippen molar-refractivity contribution in [1.29, 1.82) is 0 Å². The smallest absolute Gasteiger partial charge is 0.339 e. The summed E-state index contributed by atoms with van der Waals surface area (Å²) in [6.07, 6.45) is 9.97. The number of terminal acetylenes is 1. The van der Waals surface area contributed by atoms with E-state index in [2.05, 4.69) is 45.8 Å². The highest BCUT2D eigenvalue weighted by Gasteiger charge is 2.23. The van der Waals surface area contributed by atoms with Crippen LogP contribution < -0.4 is 4.74 Å². The summed E-state index contributed by atoms with van der Waals surface area (Å²) in [7, 11) is 0. The van der Waals surface area contributed by atoms with Gasteiger partial charge in [0.25, 0.3) is 0 Å². The number of rotatable bonds is 7. The quantitative estimate of drug-likeness (QED) is 0.601. The van der Waals surface area contributed by atoms with Gasteiger partial charge in [-0.05, 0) is 55.6 Å². The van der Waals surface area contributed by atoms with Gasteiger partial charge in [-0.15, -0.1) is 6.42 Å². The fraction of sp³-hybridized carbons (Fsp3) is 0.320. The first-order chi connectivity index (χ1) is 14.7. The van der Waals surface area contributed by atoms with Crippen LogP contribution >= 0.6 is 0 Å². The molecule has 1 aliphatic rings. The van der Waals surface area contributed by atoms with Crippen LogP contribution in [0.3, 0.4) is 0 Å². The molecular formula is C25H26N2O3. The number of para-hydroxylation sites is 2. The molecule has 0 unspecified atom stereocenters. The van der Waals surface area contributed by atoms with Gasteiger partial charge in [-0.2, -0.15) is 0 Å². The van der Waals surface area contributed by atoms with Crippen molar-refractivity contribution in [3.05, 3.63) is 65.9 Å². The van der Waals surface area contributed by atoms with Gasteiger partial charge in [0.1, 0.15) is 17.9 Å². The van der Waals surface area contributed by atoms with E-state index in [9.17, 15) is 9.90 Å². The number of carbonyl (C=O) groups is 1. The maximum Gasteiger partial charge on any atom is 0.339 e. The van der Waals surface area contributed by atoms with Crippen LogP contribution in [0.15, 0.2) is 54.7 Å². The molecule has 0 aliphatic carbocycles. The van der Waals surface area contributed by atoms with E-state index in [1.54, 1.807) is 24.3 Å². The number of likely N-dealkylation sites (tertiary alicyclic amines) is 1. The van der Waals surface area contributed by atoms with Gasteiger partial charge in [0.05, 0.1) is 6.54 Å². The minimum atomic E-state index is -0.963. The van der Waals surface area contributed by atoms with Crippen molar-refractivity contribution in [3.63, 3.8) is 0 Å². The van der Waals surface area contributed by atoms with Gasteiger partial charge < -0.3 is 14.4 Å². The maximum atomic E-state index is 11.3. The molecular weight excluding hydrogens is 376 g/mol. The number of carboxylic acid groups (broad SMARTS) is 1. The van der Waals surface area contributed by atoms with Crippen molar-refractivity contribution in [2.75, 3.05) is 26.2 Å². The van der Waals surface area contributed by atoms with Crippen molar-refractivity contribution >= 4 is 16.9 Å². The van der Waals surface area contributed by atoms with Crippen LogP contribution in [-0.4, -0.2) is 46.8 Å². The first-order valence-electron chi connectivity index (χ1n) is 10.4. The van der Waals surface area contributed by atoms with Gasteiger partial charge >= 0.3 is 5.97 Å². The zero-order valence-corrected chi connectivity index (χ0v) is 17.0. The highest BCUT2D eigenvalue weighted by Crippen LogP contribution is 2.34. The third-order valence-corrected chi connectivity index (χ3v) is 5.89. The molecule has 4 rings (SSSR count). The molecule has 0 spiro atoms. The van der Waals surface area contributed by atoms with Crippen molar-refractivity contribution in [2.45, 2.75) is 25.3 Å². The first kappa shape index (κ1) is 20.1. The molecule has 2 aromatic carbocycles. The monoisotopic (exact) mass is 402 g/mol. The number of ether oxygens (including phenoxy) is 1. The highest BCUT2D eigenvalue weighted by atomic mass is 16.5. The van der Waals surface area contributed by atoms with Gasteiger partial charge in [0, 0.05) is 23.6 Å². The Morgan fingerprint density at radius 3 is 2.63 bits per heavy atom. The summed E-state index contributed by atoms with van der Waals surface area (Å²) in [5, 5.41) is 10.6. The van der Waals surface area contributed by atoms with E-state index in [-0.39, 0.29) is 5.56 Å². The summed E-state index contributed by atoms with van der Waals surface area (Å²) in [6.45, 7) is 3.87. The molecule has 0 atom stereocenters. The average molecular weight is 402 g/mol. The number of hydrogen-bond acceptors (Lipinski definition) is 3. The molecule has 3 aromatic rings. The molecule has 154 valence electrons. The van der Waals surface area contributed by atoms with Gasteiger partial charge in [-0.25, -0.2) is 4.79 Å². The van der Waals surface area contributed by atoms with Crippen molar-refractivity contribution in [2.24, 2.45) is 0 Å². The minimum absolute atomic E-state index is 0.208.